The largest absolute Gasteiger partial charge is 0.391 e. The summed E-state index contributed by atoms with van der Waals surface area (Å²) < 4.78 is 0. The lowest BCUT2D eigenvalue weighted by Gasteiger charge is -2.33. The fraction of sp³-hybridized carbons (Fsp3) is 0.500. The molecule has 2 atom stereocenters. The van der Waals surface area contributed by atoms with Crippen molar-refractivity contribution in [2.75, 3.05) is 20.1 Å². The van der Waals surface area contributed by atoms with E-state index in [2.05, 4.69) is 24.1 Å². The molecule has 14 heavy (non-hydrogen) atoms. The van der Waals surface area contributed by atoms with E-state index in [1.807, 2.05) is 18.2 Å². The topological polar surface area (TPSA) is 23.5 Å². The minimum atomic E-state index is -0.212. The van der Waals surface area contributed by atoms with E-state index in [1.54, 1.807) is 0 Å². The summed E-state index contributed by atoms with van der Waals surface area (Å²) >= 11 is 0. The van der Waals surface area contributed by atoms with Gasteiger partial charge in [-0.05, 0) is 25.6 Å². The number of hydrogen-bond acceptors (Lipinski definition) is 2. The molecule has 0 saturated carbocycles. The standard InChI is InChI=1S/C12H17NO/c1-13-8-7-11(12(14)9-13)10-5-3-2-4-6-10/h2-6,11-12,14H,7-9H2,1H3/t11-,12-/m1/s1. The summed E-state index contributed by atoms with van der Waals surface area (Å²) in [5.41, 5.74) is 1.27. The zero-order valence-electron chi connectivity index (χ0n) is 8.56. The SMILES string of the molecule is CN1CC[C@H](c2ccccc2)[C@H](O)C1. The third-order valence-electron chi connectivity index (χ3n) is 3.01. The van der Waals surface area contributed by atoms with Crippen molar-refractivity contribution < 1.29 is 5.11 Å². The fourth-order valence-electron chi connectivity index (χ4n) is 2.18. The van der Waals surface area contributed by atoms with Gasteiger partial charge in [0.25, 0.3) is 0 Å². The minimum absolute atomic E-state index is 0.212. The first-order chi connectivity index (χ1) is 6.77. The second kappa shape index (κ2) is 4.11. The number of aliphatic hydroxyl groups excluding tert-OH is 1. The van der Waals surface area contributed by atoms with E-state index in [0.717, 1.165) is 19.5 Å². The molecule has 1 heterocycles. The van der Waals surface area contributed by atoms with Gasteiger partial charge in [-0.3, -0.25) is 0 Å². The molecule has 2 rings (SSSR count). The van der Waals surface area contributed by atoms with Gasteiger partial charge in [-0.15, -0.1) is 0 Å². The Hall–Kier alpha value is -0.860. The number of aliphatic hydroxyl groups is 1. The van der Waals surface area contributed by atoms with Crippen LogP contribution in [-0.2, 0) is 0 Å². The third kappa shape index (κ3) is 1.97. The van der Waals surface area contributed by atoms with Crippen molar-refractivity contribution in [1.82, 2.24) is 4.90 Å². The third-order valence-corrected chi connectivity index (χ3v) is 3.01. The van der Waals surface area contributed by atoms with Crippen LogP contribution in [0.4, 0.5) is 0 Å². The first kappa shape index (κ1) is 9.69. The molecule has 0 radical (unpaired) electrons. The maximum Gasteiger partial charge on any atom is 0.0735 e. The Morgan fingerprint density at radius 2 is 2.00 bits per heavy atom. The molecule has 1 aliphatic rings. The van der Waals surface area contributed by atoms with Crippen molar-refractivity contribution in [2.45, 2.75) is 18.4 Å². The van der Waals surface area contributed by atoms with Crippen LogP contribution in [0.2, 0.25) is 0 Å². The molecular formula is C12H17NO. The van der Waals surface area contributed by atoms with E-state index >= 15 is 0 Å². The van der Waals surface area contributed by atoms with Gasteiger partial charge < -0.3 is 10.0 Å². The average Bonchev–Trinajstić information content (AvgIpc) is 2.19. The molecule has 1 N–H and O–H groups in total. The van der Waals surface area contributed by atoms with Gasteiger partial charge in [0.2, 0.25) is 0 Å². The highest BCUT2D eigenvalue weighted by atomic mass is 16.3. The number of β-amino-alcohol motifs (C(OH)–C–C–N with tert-alkyl or cyclic N) is 1. The van der Waals surface area contributed by atoms with Crippen LogP contribution in [0.25, 0.3) is 0 Å². The van der Waals surface area contributed by atoms with E-state index in [9.17, 15) is 5.11 Å². The Balaban J connectivity index is 2.12. The number of nitrogens with zero attached hydrogens (tertiary/aromatic N) is 1. The van der Waals surface area contributed by atoms with E-state index in [-0.39, 0.29) is 6.10 Å². The van der Waals surface area contributed by atoms with Crippen LogP contribution in [0.5, 0.6) is 0 Å². The lowest BCUT2D eigenvalue weighted by Crippen LogP contribution is -2.40. The highest BCUT2D eigenvalue weighted by Crippen LogP contribution is 2.27. The second-order valence-electron chi connectivity index (χ2n) is 4.14. The van der Waals surface area contributed by atoms with Gasteiger partial charge in [-0.25, -0.2) is 0 Å². The normalized spacial score (nSPS) is 29.0. The highest BCUT2D eigenvalue weighted by molar-refractivity contribution is 5.21. The minimum Gasteiger partial charge on any atom is -0.391 e. The first-order valence-electron chi connectivity index (χ1n) is 5.19. The van der Waals surface area contributed by atoms with E-state index in [1.165, 1.54) is 5.56 Å². The number of likely N-dealkylation sites (N-methyl/N-ethyl adjacent to an activating group) is 1. The Morgan fingerprint density at radius 3 is 2.64 bits per heavy atom. The van der Waals surface area contributed by atoms with Crippen molar-refractivity contribution in [3.63, 3.8) is 0 Å². The van der Waals surface area contributed by atoms with Gasteiger partial charge in [0.05, 0.1) is 6.10 Å². The van der Waals surface area contributed by atoms with E-state index in [0.29, 0.717) is 5.92 Å². The molecule has 1 saturated heterocycles. The Labute approximate surface area is 85.2 Å². The van der Waals surface area contributed by atoms with Crippen molar-refractivity contribution in [3.05, 3.63) is 35.9 Å². The zero-order chi connectivity index (χ0) is 9.97. The maximum atomic E-state index is 9.95. The van der Waals surface area contributed by atoms with Crippen molar-refractivity contribution in [3.8, 4) is 0 Å². The molecule has 0 bridgehead atoms. The maximum absolute atomic E-state index is 9.95. The summed E-state index contributed by atoms with van der Waals surface area (Å²) in [6.45, 7) is 1.87. The Morgan fingerprint density at radius 1 is 1.29 bits per heavy atom. The molecule has 1 fully saturated rings. The van der Waals surface area contributed by atoms with Gasteiger partial charge in [-0.1, -0.05) is 30.3 Å². The summed E-state index contributed by atoms with van der Waals surface area (Å²) in [6, 6.07) is 10.3. The number of piperidine rings is 1. The van der Waals surface area contributed by atoms with Crippen molar-refractivity contribution in [2.24, 2.45) is 0 Å². The van der Waals surface area contributed by atoms with Crippen molar-refractivity contribution in [1.29, 1.82) is 0 Å². The lowest BCUT2D eigenvalue weighted by molar-refractivity contribution is 0.0638. The smallest absolute Gasteiger partial charge is 0.0735 e. The molecule has 0 unspecified atom stereocenters. The molecule has 0 spiro atoms. The highest BCUT2D eigenvalue weighted by Gasteiger charge is 2.26. The fourth-order valence-corrected chi connectivity index (χ4v) is 2.18. The molecule has 2 heteroatoms. The summed E-state index contributed by atoms with van der Waals surface area (Å²) in [6.07, 6.45) is 0.845. The molecule has 1 aromatic carbocycles. The van der Waals surface area contributed by atoms with Gasteiger partial charge in [0.1, 0.15) is 0 Å². The van der Waals surface area contributed by atoms with Gasteiger partial charge in [0, 0.05) is 12.5 Å². The van der Waals surface area contributed by atoms with Crippen LogP contribution in [0.1, 0.15) is 17.9 Å². The molecule has 76 valence electrons. The van der Waals surface area contributed by atoms with Crippen LogP contribution in [0.3, 0.4) is 0 Å². The average molecular weight is 191 g/mol. The molecule has 0 amide bonds. The summed E-state index contributed by atoms with van der Waals surface area (Å²) in [7, 11) is 2.06. The quantitative estimate of drug-likeness (QED) is 0.726. The number of hydrogen-bond donors (Lipinski definition) is 1. The van der Waals surface area contributed by atoms with E-state index in [4.69, 9.17) is 0 Å². The van der Waals surface area contributed by atoms with Crippen LogP contribution in [-0.4, -0.2) is 36.2 Å². The Bertz CT molecular complexity index is 286. The van der Waals surface area contributed by atoms with Crippen molar-refractivity contribution >= 4 is 0 Å². The Kier molecular flexibility index (Phi) is 2.85. The molecular weight excluding hydrogens is 174 g/mol. The van der Waals surface area contributed by atoms with E-state index < -0.39 is 0 Å². The predicted molar refractivity (Wildman–Crippen MR) is 57.3 cm³/mol. The zero-order valence-corrected chi connectivity index (χ0v) is 8.56. The second-order valence-corrected chi connectivity index (χ2v) is 4.14. The first-order valence-corrected chi connectivity index (χ1v) is 5.19. The molecule has 1 aliphatic heterocycles. The summed E-state index contributed by atoms with van der Waals surface area (Å²) in [4.78, 5) is 2.18. The number of benzene rings is 1. The van der Waals surface area contributed by atoms with Gasteiger partial charge in [0.15, 0.2) is 0 Å². The number of rotatable bonds is 1. The molecule has 0 aliphatic carbocycles. The van der Waals surface area contributed by atoms with Gasteiger partial charge in [-0.2, -0.15) is 0 Å². The van der Waals surface area contributed by atoms with Gasteiger partial charge >= 0.3 is 0 Å². The summed E-state index contributed by atoms with van der Waals surface area (Å²) in [5, 5.41) is 9.95. The molecule has 0 aromatic heterocycles. The summed E-state index contributed by atoms with van der Waals surface area (Å²) in [5.74, 6) is 0.326. The van der Waals surface area contributed by atoms with Crippen LogP contribution in [0, 0.1) is 0 Å². The van der Waals surface area contributed by atoms with Crippen LogP contribution in [0.15, 0.2) is 30.3 Å². The molecule has 2 nitrogen and oxygen atoms in total. The van der Waals surface area contributed by atoms with Crippen LogP contribution >= 0.6 is 0 Å². The predicted octanol–water partition coefficient (Wildman–Crippen LogP) is 1.47. The lowest BCUT2D eigenvalue weighted by atomic mass is 9.87. The number of likely N-dealkylation sites (tertiary alicyclic amines) is 1. The monoisotopic (exact) mass is 191 g/mol. The van der Waals surface area contributed by atoms with Crippen LogP contribution < -0.4 is 0 Å². The molecule has 1 aromatic rings.